The Bertz CT molecular complexity index is 156. The molecule has 1 aliphatic rings. The molecule has 12 heavy (non-hydrogen) atoms. The summed E-state index contributed by atoms with van der Waals surface area (Å²) in [6, 6.07) is 0. The number of rotatable bonds is 4. The van der Waals surface area contributed by atoms with E-state index in [1.807, 2.05) is 0 Å². The van der Waals surface area contributed by atoms with Crippen LogP contribution in [0.4, 0.5) is 0 Å². The van der Waals surface area contributed by atoms with Gasteiger partial charge in [0.2, 0.25) is 0 Å². The molecule has 0 aromatic heterocycles. The van der Waals surface area contributed by atoms with Crippen molar-refractivity contribution in [3.8, 4) is 0 Å². The van der Waals surface area contributed by atoms with Crippen LogP contribution in [0.25, 0.3) is 0 Å². The Morgan fingerprint density at radius 3 is 2.75 bits per heavy atom. The lowest BCUT2D eigenvalue weighted by Crippen LogP contribution is -2.16. The molecule has 0 aromatic carbocycles. The maximum atomic E-state index is 11.6. The van der Waals surface area contributed by atoms with Crippen molar-refractivity contribution in [2.45, 2.75) is 39.0 Å². The molecule has 0 amide bonds. The minimum Gasteiger partial charge on any atom is -0.299 e. The van der Waals surface area contributed by atoms with E-state index in [1.54, 1.807) is 0 Å². The summed E-state index contributed by atoms with van der Waals surface area (Å²) >= 11 is 5.54. The molecule has 0 bridgehead atoms. The lowest BCUT2D eigenvalue weighted by atomic mass is 9.91. The van der Waals surface area contributed by atoms with E-state index in [4.69, 9.17) is 11.6 Å². The summed E-state index contributed by atoms with van der Waals surface area (Å²) in [5.74, 6) is 2.04. The maximum Gasteiger partial charge on any atom is 0.136 e. The fourth-order valence-electron chi connectivity index (χ4n) is 2.05. The average Bonchev–Trinajstić information content (AvgIpc) is 2.47. The molecule has 2 atom stereocenters. The first-order valence-corrected chi connectivity index (χ1v) is 5.38. The van der Waals surface area contributed by atoms with Crippen molar-refractivity contribution in [1.29, 1.82) is 0 Å². The molecule has 0 aromatic rings. The predicted molar refractivity (Wildman–Crippen MR) is 51.5 cm³/mol. The highest BCUT2D eigenvalue weighted by atomic mass is 35.5. The first kappa shape index (κ1) is 10.0. The Kier molecular flexibility index (Phi) is 4.07. The molecule has 0 aliphatic heterocycles. The van der Waals surface area contributed by atoms with Gasteiger partial charge in [-0.25, -0.2) is 0 Å². The summed E-state index contributed by atoms with van der Waals surface area (Å²) < 4.78 is 0. The fraction of sp³-hybridized carbons (Fsp3) is 0.900. The minimum absolute atomic E-state index is 0.355. The lowest BCUT2D eigenvalue weighted by Gasteiger charge is -2.12. The highest BCUT2D eigenvalue weighted by molar-refractivity contribution is 6.17. The summed E-state index contributed by atoms with van der Waals surface area (Å²) in [5.41, 5.74) is 0. The zero-order valence-corrected chi connectivity index (χ0v) is 8.44. The Balaban J connectivity index is 2.30. The second-order valence-corrected chi connectivity index (χ2v) is 4.15. The van der Waals surface area contributed by atoms with E-state index in [-0.39, 0.29) is 0 Å². The number of halogens is 1. The number of Topliss-reactive ketones (excluding diaryl/α,β-unsaturated/α-hetero) is 1. The third kappa shape index (κ3) is 2.48. The lowest BCUT2D eigenvalue weighted by molar-refractivity contribution is -0.123. The van der Waals surface area contributed by atoms with Gasteiger partial charge in [0.1, 0.15) is 5.78 Å². The van der Waals surface area contributed by atoms with Gasteiger partial charge < -0.3 is 0 Å². The molecule has 1 nitrogen and oxygen atoms in total. The van der Waals surface area contributed by atoms with Crippen molar-refractivity contribution >= 4 is 17.4 Å². The predicted octanol–water partition coefficient (Wildman–Crippen LogP) is 3.01. The number of hydrogen-bond donors (Lipinski definition) is 0. The van der Waals surface area contributed by atoms with Gasteiger partial charge in [-0.05, 0) is 25.2 Å². The van der Waals surface area contributed by atoms with Crippen LogP contribution in [-0.2, 0) is 4.79 Å². The molecular weight excluding hydrogens is 172 g/mol. The molecule has 0 heterocycles. The van der Waals surface area contributed by atoms with Crippen LogP contribution < -0.4 is 0 Å². The van der Waals surface area contributed by atoms with Crippen LogP contribution in [0.15, 0.2) is 0 Å². The van der Waals surface area contributed by atoms with Crippen LogP contribution in [-0.4, -0.2) is 11.7 Å². The van der Waals surface area contributed by atoms with Gasteiger partial charge in [0.15, 0.2) is 0 Å². The number of carbonyl (C=O) groups is 1. The van der Waals surface area contributed by atoms with Crippen LogP contribution in [0, 0.1) is 11.8 Å². The van der Waals surface area contributed by atoms with E-state index in [9.17, 15) is 4.79 Å². The Morgan fingerprint density at radius 1 is 1.50 bits per heavy atom. The van der Waals surface area contributed by atoms with Gasteiger partial charge in [0, 0.05) is 18.2 Å². The molecule has 0 radical (unpaired) electrons. The van der Waals surface area contributed by atoms with E-state index < -0.39 is 0 Å². The Hall–Kier alpha value is -0.0400. The molecule has 1 fully saturated rings. The highest BCUT2D eigenvalue weighted by Crippen LogP contribution is 2.32. The second-order valence-electron chi connectivity index (χ2n) is 3.77. The quantitative estimate of drug-likeness (QED) is 0.620. The molecule has 1 saturated carbocycles. The second kappa shape index (κ2) is 4.86. The standard InChI is InChI=1S/C10H17ClO/c1-8-4-2-5-9(8)10(12)6-3-7-11/h8-9H,2-7H2,1H3. The Labute approximate surface area is 79.5 Å². The molecule has 0 spiro atoms. The number of ketones is 1. The smallest absolute Gasteiger partial charge is 0.136 e. The topological polar surface area (TPSA) is 17.1 Å². The van der Waals surface area contributed by atoms with Gasteiger partial charge >= 0.3 is 0 Å². The SMILES string of the molecule is CC1CCCC1C(=O)CCCCl. The summed E-state index contributed by atoms with van der Waals surface area (Å²) in [4.78, 5) is 11.6. The monoisotopic (exact) mass is 188 g/mol. The van der Waals surface area contributed by atoms with Gasteiger partial charge in [0.25, 0.3) is 0 Å². The van der Waals surface area contributed by atoms with Crippen molar-refractivity contribution in [3.63, 3.8) is 0 Å². The molecule has 0 N–H and O–H groups in total. The zero-order chi connectivity index (χ0) is 8.97. The van der Waals surface area contributed by atoms with Gasteiger partial charge in [0.05, 0.1) is 0 Å². The van der Waals surface area contributed by atoms with Crippen LogP contribution >= 0.6 is 11.6 Å². The Morgan fingerprint density at radius 2 is 2.25 bits per heavy atom. The van der Waals surface area contributed by atoms with E-state index in [1.165, 1.54) is 12.8 Å². The van der Waals surface area contributed by atoms with Gasteiger partial charge in [-0.2, -0.15) is 0 Å². The van der Waals surface area contributed by atoms with Crippen LogP contribution in [0.1, 0.15) is 39.0 Å². The first-order valence-electron chi connectivity index (χ1n) is 4.84. The van der Waals surface area contributed by atoms with Crippen LogP contribution in [0.2, 0.25) is 0 Å². The number of alkyl halides is 1. The summed E-state index contributed by atoms with van der Waals surface area (Å²) in [6.45, 7) is 2.19. The van der Waals surface area contributed by atoms with Crippen LogP contribution in [0.3, 0.4) is 0 Å². The molecule has 0 saturated heterocycles. The summed E-state index contributed by atoms with van der Waals surface area (Å²) in [7, 11) is 0. The highest BCUT2D eigenvalue weighted by Gasteiger charge is 2.28. The average molecular weight is 189 g/mol. The third-order valence-corrected chi connectivity index (χ3v) is 3.10. The summed E-state index contributed by atoms with van der Waals surface area (Å²) in [5, 5.41) is 0. The first-order chi connectivity index (χ1) is 5.75. The van der Waals surface area contributed by atoms with E-state index in [0.29, 0.717) is 29.9 Å². The van der Waals surface area contributed by atoms with Crippen molar-refractivity contribution in [2.24, 2.45) is 11.8 Å². The largest absolute Gasteiger partial charge is 0.299 e. The molecule has 1 rings (SSSR count). The molecule has 1 aliphatic carbocycles. The third-order valence-electron chi connectivity index (χ3n) is 2.83. The van der Waals surface area contributed by atoms with Gasteiger partial charge in [-0.15, -0.1) is 11.6 Å². The minimum atomic E-state index is 0.355. The van der Waals surface area contributed by atoms with Gasteiger partial charge in [-0.1, -0.05) is 13.3 Å². The molecular formula is C10H17ClO. The van der Waals surface area contributed by atoms with E-state index in [2.05, 4.69) is 6.92 Å². The number of carbonyl (C=O) groups excluding carboxylic acids is 1. The van der Waals surface area contributed by atoms with E-state index in [0.717, 1.165) is 12.8 Å². The molecule has 2 heteroatoms. The normalized spacial score (nSPS) is 29.2. The van der Waals surface area contributed by atoms with Crippen molar-refractivity contribution < 1.29 is 4.79 Å². The molecule has 70 valence electrons. The van der Waals surface area contributed by atoms with Crippen molar-refractivity contribution in [1.82, 2.24) is 0 Å². The number of hydrogen-bond acceptors (Lipinski definition) is 1. The maximum absolute atomic E-state index is 11.6. The van der Waals surface area contributed by atoms with Crippen molar-refractivity contribution in [2.75, 3.05) is 5.88 Å². The molecule has 2 unspecified atom stereocenters. The van der Waals surface area contributed by atoms with Crippen molar-refractivity contribution in [3.05, 3.63) is 0 Å². The van der Waals surface area contributed by atoms with E-state index >= 15 is 0 Å². The summed E-state index contributed by atoms with van der Waals surface area (Å²) in [6.07, 6.45) is 5.13. The fourth-order valence-corrected chi connectivity index (χ4v) is 2.18. The van der Waals surface area contributed by atoms with Gasteiger partial charge in [-0.3, -0.25) is 4.79 Å². The van der Waals surface area contributed by atoms with Crippen LogP contribution in [0.5, 0.6) is 0 Å². The zero-order valence-electron chi connectivity index (χ0n) is 7.68.